The summed E-state index contributed by atoms with van der Waals surface area (Å²) < 4.78 is 26.5. The molecule has 1 aliphatic rings. The maximum absolute atomic E-state index is 13.5. The zero-order valence-electron chi connectivity index (χ0n) is 10.2. The highest BCUT2D eigenvalue weighted by Gasteiger charge is 2.41. The Kier molecular flexibility index (Phi) is 3.34. The van der Waals surface area contributed by atoms with Crippen molar-refractivity contribution in [3.63, 3.8) is 0 Å². The largest absolute Gasteiger partial charge is 0.345 e. The molecule has 2 rings (SSSR count). The minimum Gasteiger partial charge on any atom is -0.345 e. The molecule has 0 saturated heterocycles. The van der Waals surface area contributed by atoms with Crippen LogP contribution in [0.3, 0.4) is 0 Å². The van der Waals surface area contributed by atoms with Gasteiger partial charge in [0.25, 0.3) is 5.91 Å². The van der Waals surface area contributed by atoms with Crippen LogP contribution in [0.15, 0.2) is 18.2 Å². The van der Waals surface area contributed by atoms with Crippen LogP contribution in [0.1, 0.15) is 30.1 Å². The van der Waals surface area contributed by atoms with Crippen LogP contribution < -0.4 is 11.1 Å². The van der Waals surface area contributed by atoms with E-state index in [0.29, 0.717) is 5.92 Å². The molecule has 1 amide bonds. The number of halogens is 2. The van der Waals surface area contributed by atoms with Crippen LogP contribution >= 0.6 is 0 Å². The Balaban J connectivity index is 2.19. The summed E-state index contributed by atoms with van der Waals surface area (Å²) >= 11 is 0. The molecular weight excluding hydrogens is 238 g/mol. The van der Waals surface area contributed by atoms with Crippen molar-refractivity contribution in [1.82, 2.24) is 5.32 Å². The number of carbonyl (C=O) groups excluding carboxylic acids is 1. The van der Waals surface area contributed by atoms with Crippen LogP contribution in [-0.4, -0.2) is 18.0 Å². The van der Waals surface area contributed by atoms with Gasteiger partial charge in [-0.25, -0.2) is 8.78 Å². The van der Waals surface area contributed by atoms with E-state index in [1.54, 1.807) is 0 Å². The van der Waals surface area contributed by atoms with Gasteiger partial charge in [0.15, 0.2) is 11.6 Å². The van der Waals surface area contributed by atoms with Crippen LogP contribution in [0.25, 0.3) is 0 Å². The molecule has 1 aromatic carbocycles. The summed E-state index contributed by atoms with van der Waals surface area (Å²) in [5, 5.41) is 2.72. The molecule has 1 aromatic rings. The quantitative estimate of drug-likeness (QED) is 0.861. The average molecular weight is 254 g/mol. The number of amides is 1. The minimum absolute atomic E-state index is 0.278. The SMILES string of the molecule is CC(CN)(NC(=O)c1cccc(F)c1F)C1CC1. The second-order valence-electron chi connectivity index (χ2n) is 4.95. The minimum atomic E-state index is -1.12. The summed E-state index contributed by atoms with van der Waals surface area (Å²) in [6.45, 7) is 2.11. The van der Waals surface area contributed by atoms with Crippen LogP contribution in [-0.2, 0) is 0 Å². The third kappa shape index (κ3) is 2.36. The molecule has 0 aromatic heterocycles. The molecule has 0 heterocycles. The van der Waals surface area contributed by atoms with Gasteiger partial charge in [0.1, 0.15) is 0 Å². The highest BCUT2D eigenvalue weighted by molar-refractivity contribution is 5.95. The molecule has 3 N–H and O–H groups in total. The molecule has 18 heavy (non-hydrogen) atoms. The van der Waals surface area contributed by atoms with Crippen molar-refractivity contribution < 1.29 is 13.6 Å². The molecule has 0 aliphatic heterocycles. The summed E-state index contributed by atoms with van der Waals surface area (Å²) in [6, 6.07) is 3.55. The van der Waals surface area contributed by atoms with E-state index in [-0.39, 0.29) is 12.1 Å². The van der Waals surface area contributed by atoms with E-state index >= 15 is 0 Å². The molecular formula is C13H16F2N2O. The van der Waals surface area contributed by atoms with Crippen molar-refractivity contribution in [2.45, 2.75) is 25.3 Å². The topological polar surface area (TPSA) is 55.1 Å². The van der Waals surface area contributed by atoms with Crippen molar-refractivity contribution in [1.29, 1.82) is 0 Å². The lowest BCUT2D eigenvalue weighted by atomic mass is 9.95. The van der Waals surface area contributed by atoms with Gasteiger partial charge in [-0.15, -0.1) is 0 Å². The zero-order valence-corrected chi connectivity index (χ0v) is 10.2. The molecule has 1 saturated carbocycles. The van der Waals surface area contributed by atoms with Crippen LogP contribution in [0.2, 0.25) is 0 Å². The number of rotatable bonds is 4. The fourth-order valence-corrected chi connectivity index (χ4v) is 2.05. The Hall–Kier alpha value is -1.49. The predicted molar refractivity (Wildman–Crippen MR) is 64.0 cm³/mol. The smallest absolute Gasteiger partial charge is 0.254 e. The van der Waals surface area contributed by atoms with Gasteiger partial charge in [-0.3, -0.25) is 4.79 Å². The fraction of sp³-hybridized carbons (Fsp3) is 0.462. The molecule has 0 radical (unpaired) electrons. The normalized spacial score (nSPS) is 18.2. The molecule has 5 heteroatoms. The molecule has 1 fully saturated rings. The fourth-order valence-electron chi connectivity index (χ4n) is 2.05. The maximum atomic E-state index is 13.5. The van der Waals surface area contributed by atoms with Gasteiger partial charge >= 0.3 is 0 Å². The molecule has 0 spiro atoms. The summed E-state index contributed by atoms with van der Waals surface area (Å²) in [6.07, 6.45) is 2.00. The van der Waals surface area contributed by atoms with E-state index in [4.69, 9.17) is 5.73 Å². The van der Waals surface area contributed by atoms with Gasteiger partial charge in [-0.1, -0.05) is 6.07 Å². The van der Waals surface area contributed by atoms with Crippen molar-refractivity contribution in [3.05, 3.63) is 35.4 Å². The average Bonchev–Trinajstić information content (AvgIpc) is 3.16. The summed E-state index contributed by atoms with van der Waals surface area (Å²) in [7, 11) is 0. The third-order valence-electron chi connectivity index (χ3n) is 3.50. The molecule has 0 bridgehead atoms. The first-order valence-electron chi connectivity index (χ1n) is 5.94. The summed E-state index contributed by atoms with van der Waals surface area (Å²) in [5.41, 5.74) is 4.83. The number of nitrogens with one attached hydrogen (secondary N) is 1. The molecule has 3 nitrogen and oxygen atoms in total. The molecule has 1 aliphatic carbocycles. The van der Waals surface area contributed by atoms with Gasteiger partial charge in [0, 0.05) is 6.54 Å². The lowest BCUT2D eigenvalue weighted by Crippen LogP contribution is -2.53. The number of benzene rings is 1. The van der Waals surface area contributed by atoms with E-state index in [2.05, 4.69) is 5.32 Å². The van der Waals surface area contributed by atoms with Gasteiger partial charge in [-0.05, 0) is 37.8 Å². The number of hydrogen-bond donors (Lipinski definition) is 2. The molecule has 1 unspecified atom stereocenters. The van der Waals surface area contributed by atoms with Crippen molar-refractivity contribution in [2.75, 3.05) is 6.54 Å². The van der Waals surface area contributed by atoms with E-state index < -0.39 is 23.1 Å². The molecule has 98 valence electrons. The van der Waals surface area contributed by atoms with Crippen LogP contribution in [0.4, 0.5) is 8.78 Å². The van der Waals surface area contributed by atoms with Crippen LogP contribution in [0, 0.1) is 17.6 Å². The second kappa shape index (κ2) is 4.65. The lowest BCUT2D eigenvalue weighted by molar-refractivity contribution is 0.0892. The lowest BCUT2D eigenvalue weighted by Gasteiger charge is -2.29. The predicted octanol–water partition coefficient (Wildman–Crippen LogP) is 1.82. The third-order valence-corrected chi connectivity index (χ3v) is 3.50. The zero-order chi connectivity index (χ0) is 13.3. The maximum Gasteiger partial charge on any atom is 0.254 e. The Morgan fingerprint density at radius 3 is 2.72 bits per heavy atom. The van der Waals surface area contributed by atoms with E-state index in [0.717, 1.165) is 18.9 Å². The van der Waals surface area contributed by atoms with Gasteiger partial charge < -0.3 is 11.1 Å². The Labute approximate surface area is 104 Å². The second-order valence-corrected chi connectivity index (χ2v) is 4.95. The summed E-state index contributed by atoms with van der Waals surface area (Å²) in [4.78, 5) is 12.0. The van der Waals surface area contributed by atoms with Gasteiger partial charge in [-0.2, -0.15) is 0 Å². The first-order valence-corrected chi connectivity index (χ1v) is 5.94. The number of carbonyl (C=O) groups is 1. The highest BCUT2D eigenvalue weighted by Crippen LogP contribution is 2.39. The standard InChI is InChI=1S/C13H16F2N2O/c1-13(7-16,8-5-6-8)17-12(18)9-3-2-4-10(14)11(9)15/h2-4,8H,5-7,16H2,1H3,(H,17,18). The van der Waals surface area contributed by atoms with Crippen LogP contribution in [0.5, 0.6) is 0 Å². The van der Waals surface area contributed by atoms with Crippen molar-refractivity contribution >= 4 is 5.91 Å². The Bertz CT molecular complexity index is 474. The van der Waals surface area contributed by atoms with Gasteiger partial charge in [0.2, 0.25) is 0 Å². The highest BCUT2D eigenvalue weighted by atomic mass is 19.2. The molecule has 1 atom stereocenters. The number of hydrogen-bond acceptors (Lipinski definition) is 2. The van der Waals surface area contributed by atoms with Crippen molar-refractivity contribution in [3.8, 4) is 0 Å². The number of nitrogens with two attached hydrogens (primary N) is 1. The summed E-state index contributed by atoms with van der Waals surface area (Å²) in [5.74, 6) is -2.44. The Morgan fingerprint density at radius 2 is 2.17 bits per heavy atom. The van der Waals surface area contributed by atoms with E-state index in [1.807, 2.05) is 6.92 Å². The monoisotopic (exact) mass is 254 g/mol. The Morgan fingerprint density at radius 1 is 1.50 bits per heavy atom. The van der Waals surface area contributed by atoms with Crippen molar-refractivity contribution in [2.24, 2.45) is 11.7 Å². The first-order chi connectivity index (χ1) is 8.48. The van der Waals surface area contributed by atoms with E-state index in [9.17, 15) is 13.6 Å². The van der Waals surface area contributed by atoms with E-state index in [1.165, 1.54) is 12.1 Å². The van der Waals surface area contributed by atoms with Gasteiger partial charge in [0.05, 0.1) is 11.1 Å². The first kappa shape index (κ1) is 13.0.